The highest BCUT2D eigenvalue weighted by Gasteiger charge is 2.16. The van der Waals surface area contributed by atoms with Gasteiger partial charge in [0.05, 0.1) is 18.9 Å². The molecule has 2 bridgehead atoms. The minimum absolute atomic E-state index is 0.0142. The zero-order valence-corrected chi connectivity index (χ0v) is 23.2. The molecule has 2 heterocycles. The lowest BCUT2D eigenvalue weighted by Crippen LogP contribution is -2.29. The van der Waals surface area contributed by atoms with Crippen LogP contribution in [-0.4, -0.2) is 60.6 Å². The van der Waals surface area contributed by atoms with Crippen molar-refractivity contribution in [2.45, 2.75) is 25.9 Å². The number of ether oxygens (including phenoxy) is 2. The molecule has 206 valence electrons. The van der Waals surface area contributed by atoms with Crippen LogP contribution in [0.5, 0.6) is 5.75 Å². The first kappa shape index (κ1) is 27.6. The highest BCUT2D eigenvalue weighted by molar-refractivity contribution is 5.94. The van der Waals surface area contributed by atoms with Gasteiger partial charge in [0.2, 0.25) is 0 Å². The summed E-state index contributed by atoms with van der Waals surface area (Å²) in [6.07, 6.45) is 3.34. The van der Waals surface area contributed by atoms with Gasteiger partial charge in [-0.25, -0.2) is 0 Å². The van der Waals surface area contributed by atoms with Gasteiger partial charge in [0.1, 0.15) is 12.4 Å². The standard InChI is InChI=1S/C34H37N3O3/c1-36(17-15-27-8-3-2-4-9-27)34(38)30-13-14-33-31(24-30)23-28-10-7-11-29(22-28)25-37(18-19-39-20-21-40-33)26-32-12-5-6-16-35-32/h2-14,16,22,24H,15,17-21,23,25-26H2,1H3. The second-order valence-corrected chi connectivity index (χ2v) is 10.3. The maximum Gasteiger partial charge on any atom is 0.253 e. The summed E-state index contributed by atoms with van der Waals surface area (Å²) in [6, 6.07) is 30.8. The lowest BCUT2D eigenvalue weighted by Gasteiger charge is -2.23. The van der Waals surface area contributed by atoms with Crippen LogP contribution in [0.1, 0.15) is 38.3 Å². The van der Waals surface area contributed by atoms with Crippen LogP contribution >= 0.6 is 0 Å². The Bertz CT molecular complexity index is 1380. The summed E-state index contributed by atoms with van der Waals surface area (Å²) in [4.78, 5) is 22.0. The molecule has 4 aromatic rings. The third-order valence-electron chi connectivity index (χ3n) is 7.17. The Morgan fingerprint density at radius 3 is 2.60 bits per heavy atom. The van der Waals surface area contributed by atoms with E-state index in [4.69, 9.17) is 9.47 Å². The van der Waals surface area contributed by atoms with Crippen LogP contribution in [-0.2, 0) is 30.7 Å². The maximum atomic E-state index is 13.3. The van der Waals surface area contributed by atoms with Crippen molar-refractivity contribution in [2.24, 2.45) is 0 Å². The van der Waals surface area contributed by atoms with Gasteiger partial charge in [0, 0.05) is 51.4 Å². The highest BCUT2D eigenvalue weighted by atomic mass is 16.5. The third kappa shape index (κ3) is 7.78. The van der Waals surface area contributed by atoms with Crippen LogP contribution in [0.3, 0.4) is 0 Å². The average Bonchev–Trinajstić information content (AvgIpc) is 2.98. The number of benzene rings is 3. The molecule has 1 amide bonds. The van der Waals surface area contributed by atoms with Gasteiger partial charge in [-0.1, -0.05) is 60.7 Å². The molecule has 0 radical (unpaired) electrons. The fraction of sp³-hybridized carbons (Fsp3) is 0.294. The zero-order chi connectivity index (χ0) is 27.6. The van der Waals surface area contributed by atoms with E-state index in [0.29, 0.717) is 38.3 Å². The number of pyridine rings is 1. The van der Waals surface area contributed by atoms with Crippen molar-refractivity contribution < 1.29 is 14.3 Å². The second-order valence-electron chi connectivity index (χ2n) is 10.3. The van der Waals surface area contributed by atoms with E-state index in [1.807, 2.05) is 61.8 Å². The van der Waals surface area contributed by atoms with Gasteiger partial charge in [-0.15, -0.1) is 0 Å². The Balaban J connectivity index is 1.33. The molecule has 0 saturated carbocycles. The third-order valence-corrected chi connectivity index (χ3v) is 7.17. The highest BCUT2D eigenvalue weighted by Crippen LogP contribution is 2.25. The first-order chi connectivity index (χ1) is 19.6. The lowest BCUT2D eigenvalue weighted by molar-refractivity contribution is 0.0753. The molecule has 5 rings (SSSR count). The van der Waals surface area contributed by atoms with Crippen LogP contribution in [0.15, 0.2) is 97.2 Å². The van der Waals surface area contributed by atoms with E-state index in [1.54, 1.807) is 4.90 Å². The average molecular weight is 536 g/mol. The quantitative estimate of drug-likeness (QED) is 0.331. The number of carbonyl (C=O) groups excluding carboxylic acids is 1. The number of fused-ring (bicyclic) bond motifs is 3. The van der Waals surface area contributed by atoms with E-state index >= 15 is 0 Å². The first-order valence-corrected chi connectivity index (χ1v) is 14.0. The number of likely N-dealkylation sites (N-methyl/N-ethyl adjacent to an activating group) is 1. The number of hydrogen-bond donors (Lipinski definition) is 0. The maximum absolute atomic E-state index is 13.3. The van der Waals surface area contributed by atoms with E-state index in [-0.39, 0.29) is 5.91 Å². The predicted octanol–water partition coefficient (Wildman–Crippen LogP) is 5.40. The minimum atomic E-state index is 0.0142. The van der Waals surface area contributed by atoms with E-state index in [0.717, 1.165) is 43.1 Å². The van der Waals surface area contributed by atoms with Gasteiger partial charge in [0.15, 0.2) is 0 Å². The first-order valence-electron chi connectivity index (χ1n) is 14.0. The molecule has 0 fully saturated rings. The Morgan fingerprint density at radius 2 is 1.75 bits per heavy atom. The summed E-state index contributed by atoms with van der Waals surface area (Å²) < 4.78 is 12.1. The van der Waals surface area contributed by atoms with Crippen LogP contribution in [0.4, 0.5) is 0 Å². The molecule has 3 aromatic carbocycles. The molecule has 1 aliphatic rings. The molecule has 0 N–H and O–H groups in total. The smallest absolute Gasteiger partial charge is 0.253 e. The van der Waals surface area contributed by atoms with E-state index in [1.165, 1.54) is 16.7 Å². The van der Waals surface area contributed by atoms with Gasteiger partial charge in [-0.05, 0) is 59.0 Å². The van der Waals surface area contributed by atoms with Crippen molar-refractivity contribution in [2.75, 3.05) is 40.0 Å². The molecule has 6 nitrogen and oxygen atoms in total. The molecule has 0 saturated heterocycles. The zero-order valence-electron chi connectivity index (χ0n) is 23.2. The largest absolute Gasteiger partial charge is 0.491 e. The van der Waals surface area contributed by atoms with Gasteiger partial charge < -0.3 is 14.4 Å². The molecule has 0 aliphatic carbocycles. The Hall–Kier alpha value is -4.00. The Labute approximate surface area is 237 Å². The monoisotopic (exact) mass is 535 g/mol. The molecule has 0 unspecified atom stereocenters. The van der Waals surface area contributed by atoms with Gasteiger partial charge in [0.25, 0.3) is 5.91 Å². The Kier molecular flexibility index (Phi) is 9.56. The molecule has 0 atom stereocenters. The Morgan fingerprint density at radius 1 is 0.900 bits per heavy atom. The molecular formula is C34H37N3O3. The van der Waals surface area contributed by atoms with Gasteiger partial charge in [-0.3, -0.25) is 14.7 Å². The molecule has 40 heavy (non-hydrogen) atoms. The van der Waals surface area contributed by atoms with Gasteiger partial charge in [-0.2, -0.15) is 0 Å². The SMILES string of the molecule is CN(CCc1ccccc1)C(=O)c1ccc2c(c1)Cc1cccc(c1)CN(Cc1ccccn1)CCOCCO2. The van der Waals surface area contributed by atoms with Crippen molar-refractivity contribution in [3.8, 4) is 5.75 Å². The summed E-state index contributed by atoms with van der Waals surface area (Å²) in [5.41, 5.74) is 6.37. The predicted molar refractivity (Wildman–Crippen MR) is 157 cm³/mol. The minimum Gasteiger partial charge on any atom is -0.491 e. The van der Waals surface area contributed by atoms with E-state index < -0.39 is 0 Å². The van der Waals surface area contributed by atoms with E-state index in [9.17, 15) is 4.79 Å². The van der Waals surface area contributed by atoms with Crippen molar-refractivity contribution in [3.05, 3.63) is 131 Å². The molecule has 1 aromatic heterocycles. The lowest BCUT2D eigenvalue weighted by atomic mass is 9.99. The molecule has 0 spiro atoms. The van der Waals surface area contributed by atoms with Crippen LogP contribution < -0.4 is 4.74 Å². The van der Waals surface area contributed by atoms with Gasteiger partial charge >= 0.3 is 0 Å². The second kappa shape index (κ2) is 13.9. The topological polar surface area (TPSA) is 54.9 Å². The number of carbonyl (C=O) groups is 1. The number of hydrogen-bond acceptors (Lipinski definition) is 5. The fourth-order valence-electron chi connectivity index (χ4n) is 5.01. The summed E-state index contributed by atoms with van der Waals surface area (Å²) in [5.74, 6) is 0.812. The number of aromatic nitrogens is 1. The summed E-state index contributed by atoms with van der Waals surface area (Å²) >= 11 is 0. The molecular weight excluding hydrogens is 498 g/mol. The normalized spacial score (nSPS) is 14.4. The number of amides is 1. The van der Waals surface area contributed by atoms with Crippen LogP contribution in [0, 0.1) is 0 Å². The van der Waals surface area contributed by atoms with Crippen molar-refractivity contribution in [1.82, 2.24) is 14.8 Å². The van der Waals surface area contributed by atoms with Crippen molar-refractivity contribution in [1.29, 1.82) is 0 Å². The fourth-order valence-corrected chi connectivity index (χ4v) is 5.01. The number of rotatable bonds is 6. The van der Waals surface area contributed by atoms with E-state index in [2.05, 4.69) is 52.3 Å². The summed E-state index contributed by atoms with van der Waals surface area (Å²) in [5, 5.41) is 0. The van der Waals surface area contributed by atoms with Crippen LogP contribution in [0.25, 0.3) is 0 Å². The van der Waals surface area contributed by atoms with Crippen molar-refractivity contribution >= 4 is 5.91 Å². The number of nitrogens with zero attached hydrogens (tertiary/aromatic N) is 3. The summed E-state index contributed by atoms with van der Waals surface area (Å²) in [7, 11) is 1.87. The van der Waals surface area contributed by atoms with Crippen molar-refractivity contribution in [3.63, 3.8) is 0 Å². The molecule has 1 aliphatic heterocycles. The van der Waals surface area contributed by atoms with Crippen LogP contribution in [0.2, 0.25) is 0 Å². The molecule has 6 heteroatoms. The summed E-state index contributed by atoms with van der Waals surface area (Å²) in [6.45, 7) is 4.61.